The molecule has 2 aliphatic rings. The summed E-state index contributed by atoms with van der Waals surface area (Å²) in [7, 11) is 0. The first kappa shape index (κ1) is 17.7. The standard InChI is InChI=1S/C19H26N4O2S/c1-12-16(14(3)25-21-12)8-23-11-19(18(23)24)6-5-7-22(10-19)9-17-13(2)20-15(4)26-17/h5-11H2,1-4H3. The van der Waals surface area contributed by atoms with Crippen molar-refractivity contribution in [3.8, 4) is 0 Å². The number of thiazole rings is 1. The predicted molar refractivity (Wildman–Crippen MR) is 99.9 cm³/mol. The van der Waals surface area contributed by atoms with Crippen LogP contribution in [0.25, 0.3) is 0 Å². The second kappa shape index (κ2) is 6.46. The fraction of sp³-hybridized carbons (Fsp3) is 0.632. The van der Waals surface area contributed by atoms with Crippen molar-refractivity contribution in [1.82, 2.24) is 19.9 Å². The molecule has 4 heterocycles. The van der Waals surface area contributed by atoms with Crippen LogP contribution in [0.5, 0.6) is 0 Å². The summed E-state index contributed by atoms with van der Waals surface area (Å²) in [5.41, 5.74) is 2.88. The van der Waals surface area contributed by atoms with Crippen LogP contribution in [0.15, 0.2) is 4.52 Å². The van der Waals surface area contributed by atoms with E-state index in [1.807, 2.05) is 18.7 Å². The topological polar surface area (TPSA) is 62.5 Å². The van der Waals surface area contributed by atoms with Crippen LogP contribution in [-0.4, -0.2) is 45.5 Å². The Kier molecular flexibility index (Phi) is 4.39. The van der Waals surface area contributed by atoms with Gasteiger partial charge < -0.3 is 9.42 Å². The van der Waals surface area contributed by atoms with Crippen molar-refractivity contribution < 1.29 is 9.32 Å². The van der Waals surface area contributed by atoms with E-state index in [1.54, 1.807) is 11.3 Å². The zero-order chi connectivity index (χ0) is 18.5. The maximum atomic E-state index is 13.0. The van der Waals surface area contributed by atoms with E-state index in [2.05, 4.69) is 28.9 Å². The molecule has 1 amide bonds. The van der Waals surface area contributed by atoms with Gasteiger partial charge in [-0.15, -0.1) is 11.3 Å². The van der Waals surface area contributed by atoms with E-state index in [-0.39, 0.29) is 5.41 Å². The third-order valence-electron chi connectivity index (χ3n) is 5.79. The van der Waals surface area contributed by atoms with E-state index in [0.717, 1.165) is 66.7 Å². The highest BCUT2D eigenvalue weighted by molar-refractivity contribution is 7.11. The SMILES string of the molecule is Cc1nc(C)c(CN2CCCC3(C2)CN(Cc2c(C)noc2C)C3=O)s1. The second-order valence-electron chi connectivity index (χ2n) is 7.80. The van der Waals surface area contributed by atoms with E-state index >= 15 is 0 Å². The fourth-order valence-corrected chi connectivity index (χ4v) is 5.36. The smallest absolute Gasteiger partial charge is 0.232 e. The van der Waals surface area contributed by atoms with Gasteiger partial charge in [0.25, 0.3) is 0 Å². The number of piperidine rings is 1. The number of hydrogen-bond acceptors (Lipinski definition) is 6. The maximum Gasteiger partial charge on any atom is 0.232 e. The van der Waals surface area contributed by atoms with E-state index in [0.29, 0.717) is 12.5 Å². The van der Waals surface area contributed by atoms with Gasteiger partial charge in [-0.05, 0) is 47.1 Å². The number of β-lactam (4-membered cyclic amide) rings is 1. The minimum atomic E-state index is -0.190. The Morgan fingerprint density at radius 1 is 1.15 bits per heavy atom. The van der Waals surface area contributed by atoms with Gasteiger partial charge in [-0.1, -0.05) is 5.16 Å². The van der Waals surface area contributed by atoms with Gasteiger partial charge in [-0.25, -0.2) is 4.98 Å². The molecule has 26 heavy (non-hydrogen) atoms. The average molecular weight is 375 g/mol. The first-order valence-corrected chi connectivity index (χ1v) is 10.1. The fourth-order valence-electron chi connectivity index (χ4n) is 4.38. The van der Waals surface area contributed by atoms with Gasteiger partial charge in [-0.3, -0.25) is 9.69 Å². The summed E-state index contributed by atoms with van der Waals surface area (Å²) in [5.74, 6) is 1.11. The van der Waals surface area contributed by atoms with Gasteiger partial charge in [0.05, 0.1) is 28.4 Å². The molecule has 2 saturated heterocycles. The van der Waals surface area contributed by atoms with Crippen molar-refractivity contribution in [2.45, 2.75) is 53.6 Å². The highest BCUT2D eigenvalue weighted by Gasteiger charge is 2.53. The molecular formula is C19H26N4O2S. The first-order valence-electron chi connectivity index (χ1n) is 9.24. The normalized spacial score (nSPS) is 23.7. The molecule has 1 atom stereocenters. The third kappa shape index (κ3) is 2.97. The summed E-state index contributed by atoms with van der Waals surface area (Å²) in [5, 5.41) is 5.12. The van der Waals surface area contributed by atoms with Crippen LogP contribution in [0.4, 0.5) is 0 Å². The lowest BCUT2D eigenvalue weighted by Crippen LogP contribution is -2.66. The Labute approximate surface area is 158 Å². The lowest BCUT2D eigenvalue weighted by atomic mass is 9.72. The molecule has 1 unspecified atom stereocenters. The Balaban J connectivity index is 1.41. The Morgan fingerprint density at radius 3 is 2.58 bits per heavy atom. The highest BCUT2D eigenvalue weighted by atomic mass is 32.1. The lowest BCUT2D eigenvalue weighted by Gasteiger charge is -2.53. The molecule has 0 aliphatic carbocycles. The Bertz CT molecular complexity index is 823. The molecule has 2 aliphatic heterocycles. The van der Waals surface area contributed by atoms with Crippen molar-refractivity contribution in [3.63, 3.8) is 0 Å². The number of carbonyl (C=O) groups is 1. The molecule has 0 N–H and O–H groups in total. The number of amides is 1. The second-order valence-corrected chi connectivity index (χ2v) is 9.09. The third-order valence-corrected chi connectivity index (χ3v) is 6.84. The predicted octanol–water partition coefficient (Wildman–Crippen LogP) is 2.99. The molecule has 2 aromatic rings. The minimum Gasteiger partial charge on any atom is -0.361 e. The molecule has 2 aromatic heterocycles. The molecule has 1 spiro atoms. The van der Waals surface area contributed by atoms with Gasteiger partial charge in [0.15, 0.2) is 0 Å². The molecule has 140 valence electrons. The maximum absolute atomic E-state index is 13.0. The zero-order valence-corrected chi connectivity index (χ0v) is 16.8. The number of hydrogen-bond donors (Lipinski definition) is 0. The number of nitrogens with zero attached hydrogens (tertiary/aromatic N) is 4. The molecule has 0 bridgehead atoms. The van der Waals surface area contributed by atoms with Crippen LogP contribution < -0.4 is 0 Å². The van der Waals surface area contributed by atoms with Gasteiger partial charge in [0, 0.05) is 30.1 Å². The Morgan fingerprint density at radius 2 is 1.96 bits per heavy atom. The van der Waals surface area contributed by atoms with Crippen molar-refractivity contribution >= 4 is 17.2 Å². The quantitative estimate of drug-likeness (QED) is 0.770. The summed E-state index contributed by atoms with van der Waals surface area (Å²) >= 11 is 1.78. The van der Waals surface area contributed by atoms with E-state index in [9.17, 15) is 4.79 Å². The molecule has 4 rings (SSSR count). The van der Waals surface area contributed by atoms with Crippen LogP contribution in [0, 0.1) is 33.1 Å². The van der Waals surface area contributed by atoms with Crippen LogP contribution >= 0.6 is 11.3 Å². The molecule has 0 saturated carbocycles. The van der Waals surface area contributed by atoms with Gasteiger partial charge in [-0.2, -0.15) is 0 Å². The molecule has 0 radical (unpaired) electrons. The lowest BCUT2D eigenvalue weighted by molar-refractivity contribution is -0.167. The van der Waals surface area contributed by atoms with Crippen LogP contribution in [0.2, 0.25) is 0 Å². The van der Waals surface area contributed by atoms with Gasteiger partial charge in [0.1, 0.15) is 5.76 Å². The van der Waals surface area contributed by atoms with E-state index in [1.165, 1.54) is 4.88 Å². The van der Waals surface area contributed by atoms with E-state index in [4.69, 9.17) is 4.52 Å². The molecule has 0 aromatic carbocycles. The summed E-state index contributed by atoms with van der Waals surface area (Å²) in [6.07, 6.45) is 2.09. The summed E-state index contributed by atoms with van der Waals surface area (Å²) in [6, 6.07) is 0. The number of aryl methyl sites for hydroxylation is 4. The van der Waals surface area contributed by atoms with Crippen molar-refractivity contribution in [2.24, 2.45) is 5.41 Å². The van der Waals surface area contributed by atoms with Crippen molar-refractivity contribution in [2.75, 3.05) is 19.6 Å². The van der Waals surface area contributed by atoms with Crippen LogP contribution in [0.3, 0.4) is 0 Å². The van der Waals surface area contributed by atoms with Crippen LogP contribution in [0.1, 0.15) is 45.4 Å². The molecule has 7 heteroatoms. The largest absolute Gasteiger partial charge is 0.361 e. The van der Waals surface area contributed by atoms with Crippen molar-refractivity contribution in [3.05, 3.63) is 32.6 Å². The summed E-state index contributed by atoms with van der Waals surface area (Å²) < 4.78 is 5.23. The highest BCUT2D eigenvalue weighted by Crippen LogP contribution is 2.42. The molecule has 2 fully saturated rings. The summed E-state index contributed by atoms with van der Waals surface area (Å²) in [4.78, 5) is 23.3. The average Bonchev–Trinajstić information content (AvgIpc) is 3.09. The minimum absolute atomic E-state index is 0.190. The van der Waals surface area contributed by atoms with Crippen LogP contribution in [-0.2, 0) is 17.9 Å². The monoisotopic (exact) mass is 374 g/mol. The number of carbonyl (C=O) groups excluding carboxylic acids is 1. The number of rotatable bonds is 4. The molecule has 6 nitrogen and oxygen atoms in total. The van der Waals surface area contributed by atoms with Gasteiger partial charge in [0.2, 0.25) is 5.91 Å². The zero-order valence-electron chi connectivity index (χ0n) is 16.0. The number of likely N-dealkylation sites (tertiary alicyclic amines) is 2. The first-order chi connectivity index (χ1) is 12.4. The summed E-state index contributed by atoms with van der Waals surface area (Å²) in [6.45, 7) is 12.3. The van der Waals surface area contributed by atoms with E-state index < -0.39 is 0 Å². The van der Waals surface area contributed by atoms with Gasteiger partial charge >= 0.3 is 0 Å². The Hall–Kier alpha value is -1.73. The molecular weight excluding hydrogens is 348 g/mol. The number of aromatic nitrogens is 2. The van der Waals surface area contributed by atoms with Crippen molar-refractivity contribution in [1.29, 1.82) is 0 Å².